The highest BCUT2D eigenvalue weighted by Crippen LogP contribution is 2.35. The van der Waals surface area contributed by atoms with Gasteiger partial charge in [-0.15, -0.1) is 0 Å². The molecule has 0 fully saturated rings. The molecule has 0 amide bonds. The molecule has 2 N–H and O–H groups in total. The molecule has 2 rings (SSSR count). The van der Waals surface area contributed by atoms with Gasteiger partial charge in [0.1, 0.15) is 0 Å². The number of nitrogens with zero attached hydrogens (tertiary/aromatic N) is 1. The normalized spacial score (nSPS) is 12.5. The molecule has 2 aromatic rings. The van der Waals surface area contributed by atoms with Crippen molar-refractivity contribution in [3.63, 3.8) is 0 Å². The van der Waals surface area contributed by atoms with Gasteiger partial charge >= 0.3 is 6.18 Å². The van der Waals surface area contributed by atoms with Crippen LogP contribution in [-0.2, 0) is 22.7 Å². The third-order valence-electron chi connectivity index (χ3n) is 3.39. The molecular weight excluding hydrogens is 341 g/mol. The number of nitrogens with two attached hydrogens (primary N) is 1. The van der Waals surface area contributed by atoms with Crippen LogP contribution >= 0.6 is 0 Å². The number of hydrogen-bond donors (Lipinski definition) is 1. The van der Waals surface area contributed by atoms with E-state index in [1.807, 2.05) is 0 Å². The van der Waals surface area contributed by atoms with Gasteiger partial charge in [0.05, 0.1) is 10.5 Å². The Labute approximate surface area is 138 Å². The number of alkyl halides is 3. The van der Waals surface area contributed by atoms with Crippen molar-refractivity contribution in [2.75, 3.05) is 13.1 Å². The van der Waals surface area contributed by atoms with E-state index < -0.39 is 26.7 Å². The van der Waals surface area contributed by atoms with Crippen molar-refractivity contribution in [3.8, 4) is 0 Å². The largest absolute Gasteiger partial charge is 0.417 e. The molecule has 24 heavy (non-hydrogen) atoms. The lowest BCUT2D eigenvalue weighted by atomic mass is 10.2. The SMILES string of the molecule is NCCN(Cc1ccccc1)S(=O)(=O)c1ccccc1C(F)(F)F. The lowest BCUT2D eigenvalue weighted by molar-refractivity contribution is -0.139. The summed E-state index contributed by atoms with van der Waals surface area (Å²) >= 11 is 0. The van der Waals surface area contributed by atoms with Gasteiger partial charge < -0.3 is 5.73 Å². The van der Waals surface area contributed by atoms with Crippen LogP contribution in [0.25, 0.3) is 0 Å². The molecule has 8 heteroatoms. The zero-order valence-electron chi connectivity index (χ0n) is 12.7. The summed E-state index contributed by atoms with van der Waals surface area (Å²) < 4.78 is 65.9. The van der Waals surface area contributed by atoms with E-state index in [0.29, 0.717) is 5.56 Å². The predicted molar refractivity (Wildman–Crippen MR) is 84.5 cm³/mol. The van der Waals surface area contributed by atoms with Crippen LogP contribution in [0.2, 0.25) is 0 Å². The van der Waals surface area contributed by atoms with Crippen LogP contribution < -0.4 is 5.73 Å². The van der Waals surface area contributed by atoms with E-state index in [0.717, 1.165) is 22.5 Å². The predicted octanol–water partition coefficient (Wildman–Crippen LogP) is 2.86. The fraction of sp³-hybridized carbons (Fsp3) is 0.250. The summed E-state index contributed by atoms with van der Waals surface area (Å²) in [7, 11) is -4.34. The highest BCUT2D eigenvalue weighted by molar-refractivity contribution is 7.89. The monoisotopic (exact) mass is 358 g/mol. The Morgan fingerprint density at radius 3 is 2.12 bits per heavy atom. The molecule has 0 aromatic heterocycles. The number of rotatable bonds is 6. The molecule has 0 heterocycles. The van der Waals surface area contributed by atoms with Crippen LogP contribution in [0, 0.1) is 0 Å². The van der Waals surface area contributed by atoms with E-state index in [1.165, 1.54) is 6.07 Å². The molecule has 0 aliphatic heterocycles. The highest BCUT2D eigenvalue weighted by atomic mass is 32.2. The van der Waals surface area contributed by atoms with Crippen molar-refractivity contribution in [1.29, 1.82) is 0 Å². The lowest BCUT2D eigenvalue weighted by Crippen LogP contribution is -2.36. The first-order valence-electron chi connectivity index (χ1n) is 7.17. The zero-order chi connectivity index (χ0) is 17.8. The fourth-order valence-corrected chi connectivity index (χ4v) is 3.94. The van der Waals surface area contributed by atoms with Gasteiger partial charge in [0, 0.05) is 19.6 Å². The molecule has 0 spiro atoms. The average molecular weight is 358 g/mol. The van der Waals surface area contributed by atoms with Crippen molar-refractivity contribution >= 4 is 10.0 Å². The van der Waals surface area contributed by atoms with E-state index in [1.54, 1.807) is 30.3 Å². The summed E-state index contributed by atoms with van der Waals surface area (Å²) in [4.78, 5) is -0.762. The second-order valence-electron chi connectivity index (χ2n) is 5.11. The molecule has 0 radical (unpaired) electrons. The summed E-state index contributed by atoms with van der Waals surface area (Å²) in [5.74, 6) is 0. The van der Waals surface area contributed by atoms with E-state index in [-0.39, 0.29) is 19.6 Å². The maximum Gasteiger partial charge on any atom is 0.417 e. The first-order valence-corrected chi connectivity index (χ1v) is 8.61. The minimum atomic E-state index is -4.76. The summed E-state index contributed by atoms with van der Waals surface area (Å²) in [5.41, 5.74) is 4.94. The second kappa shape index (κ2) is 7.33. The van der Waals surface area contributed by atoms with Crippen molar-refractivity contribution < 1.29 is 21.6 Å². The minimum Gasteiger partial charge on any atom is -0.329 e. The molecule has 0 bridgehead atoms. The first-order chi connectivity index (χ1) is 11.3. The van der Waals surface area contributed by atoms with Crippen molar-refractivity contribution in [1.82, 2.24) is 4.31 Å². The molecule has 130 valence electrons. The van der Waals surface area contributed by atoms with Gasteiger partial charge in [-0.1, -0.05) is 42.5 Å². The Hall–Kier alpha value is -1.90. The van der Waals surface area contributed by atoms with Gasteiger partial charge in [-0.3, -0.25) is 0 Å². The maximum atomic E-state index is 13.1. The van der Waals surface area contributed by atoms with Gasteiger partial charge in [-0.2, -0.15) is 17.5 Å². The Morgan fingerprint density at radius 1 is 0.958 bits per heavy atom. The summed E-state index contributed by atoms with van der Waals surface area (Å²) in [6.07, 6.45) is -4.76. The third-order valence-corrected chi connectivity index (χ3v) is 5.29. The molecule has 0 atom stereocenters. The highest BCUT2D eigenvalue weighted by Gasteiger charge is 2.38. The first kappa shape index (κ1) is 18.4. The Morgan fingerprint density at radius 2 is 1.54 bits per heavy atom. The number of benzene rings is 2. The summed E-state index contributed by atoms with van der Waals surface area (Å²) in [6.45, 7) is -0.129. The van der Waals surface area contributed by atoms with E-state index in [4.69, 9.17) is 5.73 Å². The van der Waals surface area contributed by atoms with Crippen LogP contribution in [0.4, 0.5) is 13.2 Å². The quantitative estimate of drug-likeness (QED) is 0.864. The standard InChI is InChI=1S/C16H17F3N2O2S/c17-16(18,19)14-8-4-5-9-15(14)24(22,23)21(11-10-20)12-13-6-2-1-3-7-13/h1-9H,10-12,20H2. The number of sulfonamides is 1. The van der Waals surface area contributed by atoms with Gasteiger partial charge in [-0.05, 0) is 17.7 Å². The molecule has 2 aromatic carbocycles. The Kier molecular flexibility index (Phi) is 5.63. The van der Waals surface area contributed by atoms with Crippen LogP contribution in [0.15, 0.2) is 59.5 Å². The number of hydrogen-bond acceptors (Lipinski definition) is 3. The van der Waals surface area contributed by atoms with Gasteiger partial charge in [0.2, 0.25) is 10.0 Å². The summed E-state index contributed by atoms with van der Waals surface area (Å²) in [5, 5.41) is 0. The maximum absolute atomic E-state index is 13.1. The molecule has 0 aliphatic carbocycles. The van der Waals surface area contributed by atoms with Crippen molar-refractivity contribution in [2.45, 2.75) is 17.6 Å². The van der Waals surface area contributed by atoms with Crippen molar-refractivity contribution in [3.05, 3.63) is 65.7 Å². The van der Waals surface area contributed by atoms with Crippen molar-refractivity contribution in [2.24, 2.45) is 5.73 Å². The molecular formula is C16H17F3N2O2S. The van der Waals surface area contributed by atoms with Crippen LogP contribution in [0.3, 0.4) is 0 Å². The van der Waals surface area contributed by atoms with Gasteiger partial charge in [-0.25, -0.2) is 8.42 Å². The zero-order valence-corrected chi connectivity index (χ0v) is 13.5. The molecule has 0 aliphatic rings. The minimum absolute atomic E-state index is 0.000246. The van der Waals surface area contributed by atoms with Crippen LogP contribution in [0.5, 0.6) is 0 Å². The Balaban J connectivity index is 2.46. The average Bonchev–Trinajstić information content (AvgIpc) is 2.54. The van der Waals surface area contributed by atoms with Crippen LogP contribution in [0.1, 0.15) is 11.1 Å². The smallest absolute Gasteiger partial charge is 0.329 e. The number of halogens is 3. The van der Waals surface area contributed by atoms with Gasteiger partial charge in [0.15, 0.2) is 0 Å². The van der Waals surface area contributed by atoms with Crippen LogP contribution in [-0.4, -0.2) is 25.8 Å². The van der Waals surface area contributed by atoms with E-state index in [9.17, 15) is 21.6 Å². The summed E-state index contributed by atoms with van der Waals surface area (Å²) in [6, 6.07) is 12.8. The molecule has 0 saturated carbocycles. The molecule has 0 unspecified atom stereocenters. The third kappa shape index (κ3) is 4.14. The molecule has 0 saturated heterocycles. The van der Waals surface area contributed by atoms with Gasteiger partial charge in [0.25, 0.3) is 0 Å². The van der Waals surface area contributed by atoms with E-state index >= 15 is 0 Å². The topological polar surface area (TPSA) is 63.4 Å². The Bertz CT molecular complexity index is 777. The molecule has 4 nitrogen and oxygen atoms in total. The fourth-order valence-electron chi connectivity index (χ4n) is 2.28. The van der Waals surface area contributed by atoms with E-state index in [2.05, 4.69) is 0 Å². The second-order valence-corrected chi connectivity index (χ2v) is 7.01. The lowest BCUT2D eigenvalue weighted by Gasteiger charge is -2.23.